The van der Waals surface area contributed by atoms with Crippen molar-refractivity contribution in [2.24, 2.45) is 11.8 Å². The third kappa shape index (κ3) is 1.88. The van der Waals surface area contributed by atoms with Crippen LogP contribution in [0.4, 0.5) is 0 Å². The van der Waals surface area contributed by atoms with Crippen LogP contribution in [0.25, 0.3) is 11.0 Å². The van der Waals surface area contributed by atoms with Crippen molar-refractivity contribution in [2.75, 3.05) is 5.88 Å². The number of fused-ring (bicyclic) bond motifs is 3. The van der Waals surface area contributed by atoms with E-state index in [1.807, 2.05) is 0 Å². The molecule has 20 heavy (non-hydrogen) atoms. The summed E-state index contributed by atoms with van der Waals surface area (Å²) < 4.78 is 2.54. The van der Waals surface area contributed by atoms with E-state index in [1.165, 1.54) is 42.6 Å². The average molecular weight is 289 g/mol. The highest BCUT2D eigenvalue weighted by Crippen LogP contribution is 2.51. The quantitative estimate of drug-likeness (QED) is 0.761. The van der Waals surface area contributed by atoms with Crippen LogP contribution in [0.15, 0.2) is 18.2 Å². The molecule has 106 valence electrons. The molecule has 2 aliphatic carbocycles. The molecule has 1 aromatic heterocycles. The lowest BCUT2D eigenvalue weighted by Crippen LogP contribution is -2.18. The van der Waals surface area contributed by atoms with Gasteiger partial charge in [0.1, 0.15) is 5.82 Å². The number of nitrogens with zero attached hydrogens (tertiary/aromatic N) is 2. The smallest absolute Gasteiger partial charge is 0.111 e. The molecule has 2 saturated carbocycles. The van der Waals surface area contributed by atoms with Crippen molar-refractivity contribution in [1.29, 1.82) is 0 Å². The van der Waals surface area contributed by atoms with E-state index in [4.69, 9.17) is 16.6 Å². The Balaban J connectivity index is 1.86. The SMILES string of the molecule is Cc1ccc2nc(CCCl)n(C3CC4CCC3C4)c2c1. The molecule has 2 fully saturated rings. The van der Waals surface area contributed by atoms with Crippen molar-refractivity contribution in [3.05, 3.63) is 29.6 Å². The fourth-order valence-electron chi connectivity index (χ4n) is 4.41. The first kappa shape index (κ1) is 12.7. The molecule has 0 amide bonds. The molecule has 1 heterocycles. The van der Waals surface area contributed by atoms with Crippen molar-refractivity contribution in [3.8, 4) is 0 Å². The lowest BCUT2D eigenvalue weighted by atomic mass is 9.94. The largest absolute Gasteiger partial charge is 0.325 e. The van der Waals surface area contributed by atoms with Crippen molar-refractivity contribution >= 4 is 22.6 Å². The number of rotatable bonds is 3. The number of benzene rings is 1. The molecule has 2 aromatic rings. The van der Waals surface area contributed by atoms with E-state index in [0.29, 0.717) is 11.9 Å². The molecule has 2 bridgehead atoms. The molecule has 0 spiro atoms. The predicted octanol–water partition coefficient (Wildman–Crippen LogP) is 4.49. The van der Waals surface area contributed by atoms with Crippen molar-refractivity contribution in [2.45, 2.75) is 45.1 Å². The monoisotopic (exact) mass is 288 g/mol. The minimum atomic E-state index is 0.656. The standard InChI is InChI=1S/C17H21ClN2/c1-11-2-5-14-16(8-11)20(17(19-14)6-7-18)15-10-12-3-4-13(15)9-12/h2,5,8,12-13,15H,3-4,6-7,9-10H2,1H3. The van der Waals surface area contributed by atoms with Crippen LogP contribution in [0.5, 0.6) is 0 Å². The van der Waals surface area contributed by atoms with Crippen LogP contribution in [0.1, 0.15) is 43.1 Å². The fourth-order valence-corrected chi connectivity index (χ4v) is 4.58. The second kappa shape index (κ2) is 4.77. The minimum absolute atomic E-state index is 0.656. The topological polar surface area (TPSA) is 17.8 Å². The van der Waals surface area contributed by atoms with Gasteiger partial charge in [-0.2, -0.15) is 0 Å². The van der Waals surface area contributed by atoms with E-state index >= 15 is 0 Å². The van der Waals surface area contributed by atoms with E-state index in [2.05, 4.69) is 29.7 Å². The van der Waals surface area contributed by atoms with Gasteiger partial charge in [-0.3, -0.25) is 0 Å². The van der Waals surface area contributed by atoms with Gasteiger partial charge in [0, 0.05) is 18.3 Å². The van der Waals surface area contributed by atoms with E-state index in [0.717, 1.165) is 23.8 Å². The first-order valence-electron chi connectivity index (χ1n) is 7.79. The number of hydrogen-bond acceptors (Lipinski definition) is 1. The summed E-state index contributed by atoms with van der Waals surface area (Å²) in [5.41, 5.74) is 3.78. The fraction of sp³-hybridized carbons (Fsp3) is 0.588. The molecule has 3 unspecified atom stereocenters. The highest BCUT2D eigenvalue weighted by atomic mass is 35.5. The predicted molar refractivity (Wildman–Crippen MR) is 83.4 cm³/mol. The first-order valence-corrected chi connectivity index (χ1v) is 8.33. The number of aromatic nitrogens is 2. The van der Waals surface area contributed by atoms with E-state index in [-0.39, 0.29) is 0 Å². The summed E-state index contributed by atoms with van der Waals surface area (Å²) in [6, 6.07) is 7.28. The van der Waals surface area contributed by atoms with Crippen LogP contribution < -0.4 is 0 Å². The summed E-state index contributed by atoms with van der Waals surface area (Å²) in [7, 11) is 0. The maximum atomic E-state index is 6.00. The molecule has 0 radical (unpaired) electrons. The van der Waals surface area contributed by atoms with Crippen LogP contribution in [0.2, 0.25) is 0 Å². The Morgan fingerprint density at radius 3 is 2.90 bits per heavy atom. The van der Waals surface area contributed by atoms with Gasteiger partial charge >= 0.3 is 0 Å². The minimum Gasteiger partial charge on any atom is -0.325 e. The number of alkyl halides is 1. The number of halogens is 1. The zero-order valence-corrected chi connectivity index (χ0v) is 12.7. The van der Waals surface area contributed by atoms with E-state index in [9.17, 15) is 0 Å². The first-order chi connectivity index (χ1) is 9.76. The normalized spacial score (nSPS) is 28.6. The van der Waals surface area contributed by atoms with Crippen LogP contribution >= 0.6 is 11.6 Å². The summed E-state index contributed by atoms with van der Waals surface area (Å²) in [6.07, 6.45) is 6.50. The van der Waals surface area contributed by atoms with Crippen molar-refractivity contribution in [1.82, 2.24) is 9.55 Å². The Hall–Kier alpha value is -1.02. The Kier molecular flexibility index (Phi) is 3.03. The van der Waals surface area contributed by atoms with Gasteiger partial charge in [0.15, 0.2) is 0 Å². The second-order valence-corrected chi connectivity index (χ2v) is 6.95. The van der Waals surface area contributed by atoms with Gasteiger partial charge in [0.05, 0.1) is 11.0 Å². The molecular formula is C17H21ClN2. The highest BCUT2D eigenvalue weighted by Gasteiger charge is 2.41. The van der Waals surface area contributed by atoms with Crippen molar-refractivity contribution < 1.29 is 0 Å². The summed E-state index contributed by atoms with van der Waals surface area (Å²) >= 11 is 6.00. The van der Waals surface area contributed by atoms with Gasteiger partial charge in [-0.25, -0.2) is 4.98 Å². The van der Waals surface area contributed by atoms with Gasteiger partial charge in [-0.15, -0.1) is 11.6 Å². The van der Waals surface area contributed by atoms with Crippen LogP contribution in [-0.2, 0) is 6.42 Å². The summed E-state index contributed by atoms with van der Waals surface area (Å²) in [5, 5.41) is 0. The zero-order chi connectivity index (χ0) is 13.7. The maximum absolute atomic E-state index is 6.00. The van der Waals surface area contributed by atoms with E-state index in [1.54, 1.807) is 0 Å². The number of hydrogen-bond donors (Lipinski definition) is 0. The highest BCUT2D eigenvalue weighted by molar-refractivity contribution is 6.17. The lowest BCUT2D eigenvalue weighted by molar-refractivity contribution is 0.329. The van der Waals surface area contributed by atoms with Gasteiger partial charge in [0.2, 0.25) is 0 Å². The van der Waals surface area contributed by atoms with Gasteiger partial charge in [-0.1, -0.05) is 12.5 Å². The molecule has 1 aromatic carbocycles. The summed E-state index contributed by atoms with van der Waals surface area (Å²) in [5.74, 6) is 3.67. The van der Waals surface area contributed by atoms with Gasteiger partial charge in [0.25, 0.3) is 0 Å². The molecule has 2 nitrogen and oxygen atoms in total. The summed E-state index contributed by atoms with van der Waals surface area (Å²) in [4.78, 5) is 4.85. The molecule has 0 N–H and O–H groups in total. The van der Waals surface area contributed by atoms with Crippen LogP contribution in [-0.4, -0.2) is 15.4 Å². The van der Waals surface area contributed by atoms with Crippen molar-refractivity contribution in [3.63, 3.8) is 0 Å². The molecule has 3 atom stereocenters. The van der Waals surface area contributed by atoms with Crippen LogP contribution in [0.3, 0.4) is 0 Å². The molecular weight excluding hydrogens is 268 g/mol. The van der Waals surface area contributed by atoms with E-state index < -0.39 is 0 Å². The molecule has 4 rings (SSSR count). The third-order valence-electron chi connectivity index (χ3n) is 5.27. The average Bonchev–Trinajstić information content (AvgIpc) is 3.11. The Morgan fingerprint density at radius 2 is 2.20 bits per heavy atom. The van der Waals surface area contributed by atoms with Gasteiger partial charge in [-0.05, 0) is 55.7 Å². The van der Waals surface area contributed by atoms with Crippen LogP contribution in [0, 0.1) is 18.8 Å². The molecule has 0 saturated heterocycles. The zero-order valence-electron chi connectivity index (χ0n) is 12.0. The summed E-state index contributed by atoms with van der Waals surface area (Å²) in [6.45, 7) is 2.17. The maximum Gasteiger partial charge on any atom is 0.111 e. The Bertz CT molecular complexity index is 646. The Labute approximate surface area is 125 Å². The lowest BCUT2D eigenvalue weighted by Gasteiger charge is -2.25. The van der Waals surface area contributed by atoms with Gasteiger partial charge < -0.3 is 4.57 Å². The number of aryl methyl sites for hydroxylation is 2. The molecule has 0 aliphatic heterocycles. The number of imidazole rings is 1. The molecule has 3 heteroatoms. The molecule has 2 aliphatic rings. The third-order valence-corrected chi connectivity index (χ3v) is 5.46. The Morgan fingerprint density at radius 1 is 1.30 bits per heavy atom. The second-order valence-electron chi connectivity index (χ2n) is 6.57.